The molecular formula is C13H19N5O5S. The van der Waals surface area contributed by atoms with E-state index in [0.717, 1.165) is 0 Å². The third-order valence-corrected chi connectivity index (χ3v) is 6.06. The SMILES string of the molecule is O=C(O)c1cnc(N2CCN(S(=O)(=O)N3CCOCC3)CC2)nc1. The molecule has 0 unspecified atom stereocenters. The van der Waals surface area contributed by atoms with Gasteiger partial charge in [0, 0.05) is 51.7 Å². The van der Waals surface area contributed by atoms with Crippen LogP contribution in [0.4, 0.5) is 5.95 Å². The second-order valence-corrected chi connectivity index (χ2v) is 7.41. The highest BCUT2D eigenvalue weighted by Crippen LogP contribution is 2.16. The van der Waals surface area contributed by atoms with Crippen molar-refractivity contribution in [3.05, 3.63) is 18.0 Å². The Hall–Kier alpha value is -1.82. The van der Waals surface area contributed by atoms with Crippen LogP contribution in [0, 0.1) is 0 Å². The molecule has 0 amide bonds. The van der Waals surface area contributed by atoms with Gasteiger partial charge in [-0.25, -0.2) is 14.8 Å². The van der Waals surface area contributed by atoms with Gasteiger partial charge in [-0.15, -0.1) is 0 Å². The first-order chi connectivity index (χ1) is 11.5. The Labute approximate surface area is 139 Å². The zero-order valence-corrected chi connectivity index (χ0v) is 13.9. The van der Waals surface area contributed by atoms with Gasteiger partial charge < -0.3 is 14.7 Å². The molecule has 0 aliphatic carbocycles. The van der Waals surface area contributed by atoms with Gasteiger partial charge in [-0.2, -0.15) is 17.0 Å². The van der Waals surface area contributed by atoms with Gasteiger partial charge in [0.2, 0.25) is 5.95 Å². The summed E-state index contributed by atoms with van der Waals surface area (Å²) < 4.78 is 33.3. The van der Waals surface area contributed by atoms with Gasteiger partial charge in [-0.3, -0.25) is 0 Å². The minimum Gasteiger partial charge on any atom is -0.478 e. The van der Waals surface area contributed by atoms with E-state index in [1.165, 1.54) is 21.0 Å². The van der Waals surface area contributed by atoms with E-state index in [-0.39, 0.29) is 5.56 Å². The Morgan fingerprint density at radius 1 is 1.00 bits per heavy atom. The Balaban J connectivity index is 1.61. The lowest BCUT2D eigenvalue weighted by atomic mass is 10.3. The summed E-state index contributed by atoms with van der Waals surface area (Å²) in [6, 6.07) is 0. The predicted octanol–water partition coefficient (Wildman–Crippen LogP) is -1.13. The first kappa shape index (κ1) is 17.0. The van der Waals surface area contributed by atoms with E-state index >= 15 is 0 Å². The molecule has 0 saturated carbocycles. The fourth-order valence-corrected chi connectivity index (χ4v) is 4.22. The van der Waals surface area contributed by atoms with Crippen molar-refractivity contribution in [1.29, 1.82) is 0 Å². The van der Waals surface area contributed by atoms with Gasteiger partial charge in [0.1, 0.15) is 0 Å². The van der Waals surface area contributed by atoms with Gasteiger partial charge in [-0.1, -0.05) is 0 Å². The highest BCUT2D eigenvalue weighted by molar-refractivity contribution is 7.86. The third kappa shape index (κ3) is 3.48. The number of piperazine rings is 1. The van der Waals surface area contributed by atoms with E-state index in [1.807, 2.05) is 4.90 Å². The number of hydrogen-bond donors (Lipinski definition) is 1. The molecule has 2 aliphatic rings. The van der Waals surface area contributed by atoms with E-state index in [1.54, 1.807) is 0 Å². The average molecular weight is 357 g/mol. The highest BCUT2D eigenvalue weighted by Gasteiger charge is 2.33. The van der Waals surface area contributed by atoms with Gasteiger partial charge >= 0.3 is 5.97 Å². The van der Waals surface area contributed by atoms with Crippen LogP contribution in [0.5, 0.6) is 0 Å². The third-order valence-electron chi connectivity index (χ3n) is 4.03. The topological polar surface area (TPSA) is 116 Å². The van der Waals surface area contributed by atoms with Crippen LogP contribution < -0.4 is 4.90 Å². The van der Waals surface area contributed by atoms with Crippen molar-refractivity contribution in [1.82, 2.24) is 18.6 Å². The van der Waals surface area contributed by atoms with Gasteiger partial charge in [0.15, 0.2) is 0 Å². The molecule has 132 valence electrons. The van der Waals surface area contributed by atoms with E-state index in [9.17, 15) is 13.2 Å². The number of carbonyl (C=O) groups is 1. The van der Waals surface area contributed by atoms with Crippen LogP contribution >= 0.6 is 0 Å². The van der Waals surface area contributed by atoms with Gasteiger partial charge in [0.25, 0.3) is 10.2 Å². The molecule has 1 aromatic heterocycles. The number of hydrogen-bond acceptors (Lipinski definition) is 7. The van der Waals surface area contributed by atoms with Crippen molar-refractivity contribution in [3.63, 3.8) is 0 Å². The summed E-state index contributed by atoms with van der Waals surface area (Å²) in [6.07, 6.45) is 2.50. The van der Waals surface area contributed by atoms with Gasteiger partial charge in [0.05, 0.1) is 18.8 Å². The van der Waals surface area contributed by atoms with Crippen molar-refractivity contribution >= 4 is 22.1 Å². The normalized spacial score (nSPS) is 20.9. The molecule has 0 bridgehead atoms. The summed E-state index contributed by atoms with van der Waals surface area (Å²) in [7, 11) is -3.47. The number of ether oxygens (including phenoxy) is 1. The monoisotopic (exact) mass is 357 g/mol. The van der Waals surface area contributed by atoms with Crippen molar-refractivity contribution in [2.24, 2.45) is 0 Å². The minimum absolute atomic E-state index is 0.0206. The molecule has 1 aromatic rings. The summed E-state index contributed by atoms with van der Waals surface area (Å²) in [5.41, 5.74) is 0.0206. The maximum absolute atomic E-state index is 12.6. The van der Waals surface area contributed by atoms with E-state index < -0.39 is 16.2 Å². The number of rotatable bonds is 4. The first-order valence-corrected chi connectivity index (χ1v) is 9.01. The Kier molecular flexibility index (Phi) is 4.94. The first-order valence-electron chi connectivity index (χ1n) is 7.62. The molecule has 3 heterocycles. The molecule has 0 aromatic carbocycles. The average Bonchev–Trinajstić information content (AvgIpc) is 2.62. The molecule has 0 radical (unpaired) electrons. The summed E-state index contributed by atoms with van der Waals surface area (Å²) in [5, 5.41) is 8.85. The van der Waals surface area contributed by atoms with Crippen LogP contribution in [0.2, 0.25) is 0 Å². The smallest absolute Gasteiger partial charge is 0.338 e. The molecule has 24 heavy (non-hydrogen) atoms. The fourth-order valence-electron chi connectivity index (χ4n) is 2.65. The Morgan fingerprint density at radius 3 is 2.08 bits per heavy atom. The summed E-state index contributed by atoms with van der Waals surface area (Å²) >= 11 is 0. The highest BCUT2D eigenvalue weighted by atomic mass is 32.2. The number of anilines is 1. The number of aromatic carboxylic acids is 1. The summed E-state index contributed by atoms with van der Waals surface area (Å²) in [4.78, 5) is 20.7. The Morgan fingerprint density at radius 2 is 1.54 bits per heavy atom. The molecule has 11 heteroatoms. The van der Waals surface area contributed by atoms with E-state index in [0.29, 0.717) is 58.4 Å². The van der Waals surface area contributed by atoms with Crippen molar-refractivity contribution in [2.75, 3.05) is 57.4 Å². The van der Waals surface area contributed by atoms with E-state index in [4.69, 9.17) is 9.84 Å². The van der Waals surface area contributed by atoms with Crippen LogP contribution in [0.25, 0.3) is 0 Å². The predicted molar refractivity (Wildman–Crippen MR) is 84.1 cm³/mol. The molecule has 2 aliphatic heterocycles. The summed E-state index contributed by atoms with van der Waals surface area (Å²) in [6.45, 7) is 3.18. The fraction of sp³-hybridized carbons (Fsp3) is 0.615. The zero-order chi connectivity index (χ0) is 17.2. The van der Waals surface area contributed by atoms with E-state index in [2.05, 4.69) is 9.97 Å². The van der Waals surface area contributed by atoms with Crippen LogP contribution in [-0.2, 0) is 14.9 Å². The molecule has 1 N–H and O–H groups in total. The molecule has 0 spiro atoms. The maximum atomic E-state index is 12.6. The van der Waals surface area contributed by atoms with Crippen molar-refractivity contribution in [3.8, 4) is 0 Å². The standard InChI is InChI=1S/C13H19N5O5S/c19-12(20)11-9-14-13(15-10-11)16-1-3-17(4-2-16)24(21,22)18-5-7-23-8-6-18/h9-10H,1-8H2,(H,19,20). The largest absolute Gasteiger partial charge is 0.478 e. The van der Waals surface area contributed by atoms with Crippen molar-refractivity contribution in [2.45, 2.75) is 0 Å². The molecular weight excluding hydrogens is 338 g/mol. The number of carboxylic acids is 1. The van der Waals surface area contributed by atoms with Crippen LogP contribution in [0.1, 0.15) is 10.4 Å². The van der Waals surface area contributed by atoms with Gasteiger partial charge in [-0.05, 0) is 0 Å². The summed E-state index contributed by atoms with van der Waals surface area (Å²) in [5.74, 6) is -0.675. The molecule has 0 atom stereocenters. The number of nitrogens with zero attached hydrogens (tertiary/aromatic N) is 5. The number of carboxylic acid groups (broad SMARTS) is 1. The quantitative estimate of drug-likeness (QED) is 0.720. The minimum atomic E-state index is -3.47. The Bertz CT molecular complexity index is 681. The second kappa shape index (κ2) is 6.97. The molecule has 2 saturated heterocycles. The van der Waals surface area contributed by atoms with Crippen LogP contribution in [-0.4, -0.2) is 90.6 Å². The van der Waals surface area contributed by atoms with Crippen LogP contribution in [0.3, 0.4) is 0 Å². The lowest BCUT2D eigenvalue weighted by Gasteiger charge is -2.37. The second-order valence-electron chi connectivity index (χ2n) is 5.48. The number of aromatic nitrogens is 2. The van der Waals surface area contributed by atoms with Crippen LogP contribution in [0.15, 0.2) is 12.4 Å². The molecule has 3 rings (SSSR count). The lowest BCUT2D eigenvalue weighted by molar-refractivity contribution is 0.0696. The molecule has 10 nitrogen and oxygen atoms in total. The molecule has 2 fully saturated rings. The number of morpholine rings is 1. The zero-order valence-electron chi connectivity index (χ0n) is 13.0. The maximum Gasteiger partial charge on any atom is 0.338 e. The van der Waals surface area contributed by atoms with Crippen molar-refractivity contribution < 1.29 is 23.1 Å². The lowest BCUT2D eigenvalue weighted by Crippen LogP contribution is -2.55.